The van der Waals surface area contributed by atoms with Gasteiger partial charge in [-0.05, 0) is 42.5 Å². The van der Waals surface area contributed by atoms with Crippen molar-refractivity contribution >= 4 is 11.6 Å². The molecule has 4 rings (SSSR count). The Bertz CT molecular complexity index is 1190. The first-order chi connectivity index (χ1) is 13.7. The molecule has 3 aromatic heterocycles. The average molecular weight is 370 g/mol. The maximum atomic E-state index is 11.5. The lowest BCUT2D eigenvalue weighted by atomic mass is 10.1. The Kier molecular flexibility index (Phi) is 4.40. The number of benzene rings is 1. The van der Waals surface area contributed by atoms with Gasteiger partial charge in [0.2, 0.25) is 0 Å². The molecule has 0 spiro atoms. The number of rotatable bonds is 5. The van der Waals surface area contributed by atoms with Crippen LogP contribution in [0.15, 0.2) is 61.1 Å². The van der Waals surface area contributed by atoms with Crippen LogP contribution in [0, 0.1) is 11.3 Å². The molecule has 0 radical (unpaired) electrons. The maximum absolute atomic E-state index is 11.5. The van der Waals surface area contributed by atoms with Crippen molar-refractivity contribution in [2.75, 3.05) is 0 Å². The third-order valence-electron chi connectivity index (χ3n) is 4.19. The van der Waals surface area contributed by atoms with Gasteiger partial charge in [0.25, 0.3) is 5.91 Å². The van der Waals surface area contributed by atoms with Crippen LogP contribution in [-0.2, 0) is 6.61 Å². The maximum Gasteiger partial charge on any atom is 0.252 e. The molecule has 0 atom stereocenters. The number of primary amides is 1. The molecule has 3 heterocycles. The summed E-state index contributed by atoms with van der Waals surface area (Å²) < 4.78 is 7.34. The van der Waals surface area contributed by atoms with E-state index in [9.17, 15) is 4.79 Å². The van der Waals surface area contributed by atoms with E-state index < -0.39 is 5.91 Å². The molecule has 0 aliphatic heterocycles. The van der Waals surface area contributed by atoms with Gasteiger partial charge in [0.1, 0.15) is 30.4 Å². The van der Waals surface area contributed by atoms with Gasteiger partial charge in [-0.3, -0.25) is 4.79 Å². The standard InChI is InChI=1S/C20H14N6O2/c21-9-15-4-1-13(10-23-15)11-28-16-5-2-14(3-6-16)18-8-7-17(19(22)27)20-24-12-25-26(18)20/h1-8,10,12H,11H2,(H2,22,27). The number of ether oxygens (including phenoxy) is 1. The summed E-state index contributed by atoms with van der Waals surface area (Å²) >= 11 is 0. The van der Waals surface area contributed by atoms with Crippen LogP contribution in [0.1, 0.15) is 21.6 Å². The summed E-state index contributed by atoms with van der Waals surface area (Å²) in [5.74, 6) is 0.141. The van der Waals surface area contributed by atoms with Crippen molar-refractivity contribution < 1.29 is 9.53 Å². The van der Waals surface area contributed by atoms with E-state index in [0.29, 0.717) is 29.3 Å². The molecule has 0 saturated heterocycles. The van der Waals surface area contributed by atoms with Gasteiger partial charge in [0.05, 0.1) is 11.3 Å². The fraction of sp³-hybridized carbons (Fsp3) is 0.0500. The Morgan fingerprint density at radius 1 is 1.11 bits per heavy atom. The zero-order valence-corrected chi connectivity index (χ0v) is 14.6. The number of hydrogen-bond acceptors (Lipinski definition) is 6. The lowest BCUT2D eigenvalue weighted by Crippen LogP contribution is -2.13. The molecule has 8 heteroatoms. The molecular formula is C20H14N6O2. The molecular weight excluding hydrogens is 356 g/mol. The molecule has 2 N–H and O–H groups in total. The number of carbonyl (C=O) groups excluding carboxylic acids is 1. The fourth-order valence-corrected chi connectivity index (χ4v) is 2.78. The third-order valence-corrected chi connectivity index (χ3v) is 4.19. The Balaban J connectivity index is 1.54. The molecule has 136 valence electrons. The van der Waals surface area contributed by atoms with Crippen molar-refractivity contribution in [3.05, 3.63) is 77.9 Å². The van der Waals surface area contributed by atoms with Gasteiger partial charge in [-0.1, -0.05) is 6.07 Å². The predicted octanol–water partition coefficient (Wildman–Crippen LogP) is 2.34. The van der Waals surface area contributed by atoms with Gasteiger partial charge in [-0.2, -0.15) is 10.4 Å². The minimum atomic E-state index is -0.550. The molecule has 0 unspecified atom stereocenters. The number of nitrogens with two attached hydrogens (primary N) is 1. The Morgan fingerprint density at radius 2 is 1.93 bits per heavy atom. The number of carbonyl (C=O) groups is 1. The molecule has 0 saturated carbocycles. The van der Waals surface area contributed by atoms with E-state index in [1.54, 1.807) is 28.9 Å². The molecule has 0 fully saturated rings. The predicted molar refractivity (Wildman–Crippen MR) is 100 cm³/mol. The number of amides is 1. The quantitative estimate of drug-likeness (QED) is 0.576. The first kappa shape index (κ1) is 17.2. The van der Waals surface area contributed by atoms with Crippen LogP contribution in [0.4, 0.5) is 0 Å². The third kappa shape index (κ3) is 3.24. The zero-order chi connectivity index (χ0) is 19.5. The van der Waals surface area contributed by atoms with Crippen molar-refractivity contribution in [3.63, 3.8) is 0 Å². The molecule has 8 nitrogen and oxygen atoms in total. The monoisotopic (exact) mass is 370 g/mol. The van der Waals surface area contributed by atoms with Crippen LogP contribution >= 0.6 is 0 Å². The molecule has 1 aromatic carbocycles. The second-order valence-corrected chi connectivity index (χ2v) is 5.97. The van der Waals surface area contributed by atoms with Gasteiger partial charge < -0.3 is 10.5 Å². The lowest BCUT2D eigenvalue weighted by molar-refractivity contribution is 0.100. The van der Waals surface area contributed by atoms with Gasteiger partial charge in [-0.25, -0.2) is 14.5 Å². The zero-order valence-electron chi connectivity index (χ0n) is 14.6. The molecule has 28 heavy (non-hydrogen) atoms. The highest BCUT2D eigenvalue weighted by Gasteiger charge is 2.13. The van der Waals surface area contributed by atoms with Crippen LogP contribution < -0.4 is 10.5 Å². The average Bonchev–Trinajstić information content (AvgIpc) is 3.22. The first-order valence-corrected chi connectivity index (χ1v) is 8.36. The van der Waals surface area contributed by atoms with Crippen molar-refractivity contribution in [2.24, 2.45) is 5.73 Å². The summed E-state index contributed by atoms with van der Waals surface area (Å²) in [4.78, 5) is 19.7. The van der Waals surface area contributed by atoms with E-state index >= 15 is 0 Å². The molecule has 0 aliphatic carbocycles. The summed E-state index contributed by atoms with van der Waals surface area (Å²) in [6.45, 7) is 0.346. The van der Waals surface area contributed by atoms with Gasteiger partial charge in [-0.15, -0.1) is 0 Å². The first-order valence-electron chi connectivity index (χ1n) is 8.36. The van der Waals surface area contributed by atoms with Gasteiger partial charge in [0.15, 0.2) is 5.65 Å². The normalized spacial score (nSPS) is 10.5. The number of pyridine rings is 2. The molecule has 1 amide bonds. The van der Waals surface area contributed by atoms with Gasteiger partial charge in [0, 0.05) is 17.3 Å². The Hall–Kier alpha value is -4.25. The largest absolute Gasteiger partial charge is 0.489 e. The summed E-state index contributed by atoms with van der Waals surface area (Å²) in [6.07, 6.45) is 3.00. The van der Waals surface area contributed by atoms with Crippen molar-refractivity contribution in [1.82, 2.24) is 19.6 Å². The second kappa shape index (κ2) is 7.17. The lowest BCUT2D eigenvalue weighted by Gasteiger charge is -2.09. The number of nitriles is 1. The van der Waals surface area contributed by atoms with E-state index in [2.05, 4.69) is 15.1 Å². The van der Waals surface area contributed by atoms with Crippen LogP contribution in [-0.4, -0.2) is 25.5 Å². The highest BCUT2D eigenvalue weighted by atomic mass is 16.5. The number of aromatic nitrogens is 4. The second-order valence-electron chi connectivity index (χ2n) is 5.97. The number of fused-ring (bicyclic) bond motifs is 1. The Morgan fingerprint density at radius 3 is 2.61 bits per heavy atom. The van der Waals surface area contributed by atoms with Crippen LogP contribution in [0.5, 0.6) is 5.75 Å². The summed E-state index contributed by atoms with van der Waals surface area (Å²) in [5.41, 5.74) is 9.03. The highest BCUT2D eigenvalue weighted by molar-refractivity contribution is 5.99. The van der Waals surface area contributed by atoms with Gasteiger partial charge >= 0.3 is 0 Å². The summed E-state index contributed by atoms with van der Waals surface area (Å²) in [6, 6.07) is 16.3. The smallest absolute Gasteiger partial charge is 0.252 e. The van der Waals surface area contributed by atoms with E-state index in [0.717, 1.165) is 16.8 Å². The SMILES string of the molecule is N#Cc1ccc(COc2ccc(-c3ccc(C(N)=O)c4ncnn34)cc2)cn1. The minimum Gasteiger partial charge on any atom is -0.489 e. The van der Waals surface area contributed by atoms with Crippen molar-refractivity contribution in [3.8, 4) is 23.1 Å². The van der Waals surface area contributed by atoms with Crippen LogP contribution in [0.3, 0.4) is 0 Å². The summed E-state index contributed by atoms with van der Waals surface area (Å²) in [7, 11) is 0. The van der Waals surface area contributed by atoms with E-state index in [-0.39, 0.29) is 0 Å². The van der Waals surface area contributed by atoms with E-state index in [1.165, 1.54) is 6.33 Å². The number of nitrogens with zero attached hydrogens (tertiary/aromatic N) is 5. The van der Waals surface area contributed by atoms with Crippen LogP contribution in [0.2, 0.25) is 0 Å². The van der Waals surface area contributed by atoms with E-state index in [1.807, 2.05) is 36.4 Å². The van der Waals surface area contributed by atoms with Crippen molar-refractivity contribution in [1.29, 1.82) is 5.26 Å². The van der Waals surface area contributed by atoms with Crippen molar-refractivity contribution in [2.45, 2.75) is 6.61 Å². The molecule has 4 aromatic rings. The fourth-order valence-electron chi connectivity index (χ4n) is 2.78. The summed E-state index contributed by atoms with van der Waals surface area (Å²) in [5, 5.41) is 13.0. The van der Waals surface area contributed by atoms with E-state index in [4.69, 9.17) is 15.7 Å². The molecule has 0 bridgehead atoms. The topological polar surface area (TPSA) is 119 Å². The number of hydrogen-bond donors (Lipinski definition) is 1. The van der Waals surface area contributed by atoms with Crippen LogP contribution in [0.25, 0.3) is 16.9 Å². The minimum absolute atomic E-state index is 0.317. The Labute approximate surface area is 159 Å². The molecule has 0 aliphatic rings. The highest BCUT2D eigenvalue weighted by Crippen LogP contribution is 2.24.